The molecule has 0 radical (unpaired) electrons. The molecule has 1 saturated heterocycles. The fourth-order valence-electron chi connectivity index (χ4n) is 3.98. The van der Waals surface area contributed by atoms with Crippen LogP contribution in [0.3, 0.4) is 0 Å². The van der Waals surface area contributed by atoms with E-state index in [2.05, 4.69) is 15.0 Å². The third kappa shape index (κ3) is 3.66. The summed E-state index contributed by atoms with van der Waals surface area (Å²) >= 11 is 0. The zero-order valence-electron chi connectivity index (χ0n) is 19.0. The Hall–Kier alpha value is -3.29. The van der Waals surface area contributed by atoms with Crippen molar-refractivity contribution in [2.24, 2.45) is 0 Å². The Morgan fingerprint density at radius 3 is 2.61 bits per heavy atom. The van der Waals surface area contributed by atoms with Crippen molar-refractivity contribution < 1.29 is 15.6 Å². The predicted octanol–water partition coefficient (Wildman–Crippen LogP) is 2.83. The molecule has 0 spiro atoms. The Morgan fingerprint density at radius 2 is 1.84 bits per heavy atom. The van der Waals surface area contributed by atoms with Crippen molar-refractivity contribution in [1.29, 1.82) is 0 Å². The van der Waals surface area contributed by atoms with E-state index in [9.17, 15) is 4.79 Å². The average Bonchev–Trinajstić information content (AvgIpc) is 2.78. The van der Waals surface area contributed by atoms with Crippen molar-refractivity contribution in [3.05, 3.63) is 51.4 Å². The average molecular weight is 423 g/mol. The second-order valence-corrected chi connectivity index (χ2v) is 7.98. The van der Waals surface area contributed by atoms with Gasteiger partial charge in [-0.2, -0.15) is 4.52 Å². The lowest BCUT2D eigenvalue weighted by Gasteiger charge is -2.33. The van der Waals surface area contributed by atoms with Crippen LogP contribution < -0.4 is 24.7 Å². The van der Waals surface area contributed by atoms with Gasteiger partial charge in [-0.05, 0) is 44.5 Å². The fourth-order valence-corrected chi connectivity index (χ4v) is 3.98. The molecule has 2 aliphatic rings. The van der Waals surface area contributed by atoms with Crippen molar-refractivity contribution >= 4 is 11.5 Å². The first-order chi connectivity index (χ1) is 15.3. The zero-order valence-corrected chi connectivity index (χ0v) is 18.0. The minimum atomic E-state index is -1.04. The Bertz CT molecular complexity index is 1250. The van der Waals surface area contributed by atoms with Crippen molar-refractivity contribution in [2.75, 3.05) is 31.2 Å². The van der Waals surface area contributed by atoms with Crippen LogP contribution in [0, 0.1) is 20.8 Å². The van der Waals surface area contributed by atoms with Gasteiger partial charge in [0.25, 0.3) is 5.56 Å². The van der Waals surface area contributed by atoms with Crippen molar-refractivity contribution in [1.82, 2.24) is 14.6 Å². The van der Waals surface area contributed by atoms with Gasteiger partial charge >= 0.3 is 0 Å². The first-order valence-corrected chi connectivity index (χ1v) is 10.5. The molecule has 8 nitrogen and oxygen atoms in total. The van der Waals surface area contributed by atoms with Gasteiger partial charge in [-0.3, -0.25) is 4.79 Å². The van der Waals surface area contributed by atoms with E-state index in [4.69, 9.17) is 15.6 Å². The number of piperidine rings is 1. The molecule has 8 heteroatoms. The maximum atomic E-state index is 12.7. The van der Waals surface area contributed by atoms with Crippen LogP contribution in [-0.2, 0) is 0 Å². The Morgan fingerprint density at radius 1 is 1.10 bits per heavy atom. The highest BCUT2D eigenvalue weighted by atomic mass is 16.6. The van der Waals surface area contributed by atoms with Crippen LogP contribution in [0.25, 0.3) is 5.65 Å². The third-order valence-corrected chi connectivity index (χ3v) is 5.84. The first-order valence-electron chi connectivity index (χ1n) is 11.0. The van der Waals surface area contributed by atoms with E-state index in [-0.39, 0.29) is 5.56 Å². The molecular formula is C23H26N4O4. The molecule has 2 aliphatic heterocycles. The molecule has 2 aromatic heterocycles. The Kier molecular flexibility index (Phi) is 4.62. The van der Waals surface area contributed by atoms with Crippen LogP contribution in [0.2, 0.25) is 0 Å². The normalized spacial score (nSPS) is 18.0. The van der Waals surface area contributed by atoms with Crippen LogP contribution >= 0.6 is 0 Å². The number of anilines is 1. The molecule has 0 aliphatic carbocycles. The Balaban J connectivity index is 1.34. The van der Waals surface area contributed by atoms with Crippen LogP contribution in [0.5, 0.6) is 17.2 Å². The van der Waals surface area contributed by atoms with Gasteiger partial charge in [-0.25, -0.2) is 4.98 Å². The Labute approximate surface area is 181 Å². The molecular weight excluding hydrogens is 396 g/mol. The van der Waals surface area contributed by atoms with E-state index < -0.39 is 6.08 Å². The number of aryl methyl sites for hydroxylation is 2. The largest absolute Gasteiger partial charge is 0.490 e. The number of rotatable bonds is 3. The smallest absolute Gasteiger partial charge is 0.277 e. The molecule has 0 unspecified atom stereocenters. The lowest BCUT2D eigenvalue weighted by atomic mass is 10.1. The fraction of sp³-hybridized carbons (Fsp3) is 0.435. The minimum absolute atomic E-state index is 0.150. The number of nitrogens with zero attached hydrogens (tertiary/aromatic N) is 4. The van der Waals surface area contributed by atoms with Crippen LogP contribution in [0.15, 0.2) is 29.1 Å². The summed E-state index contributed by atoms with van der Waals surface area (Å²) in [6.07, 6.45) is -0.0432. The summed E-state index contributed by atoms with van der Waals surface area (Å²) in [5.74, 6) is 2.69. The molecule has 0 bridgehead atoms. The van der Waals surface area contributed by atoms with Crippen LogP contribution in [0.1, 0.15) is 31.0 Å². The lowest BCUT2D eigenvalue weighted by molar-refractivity contribution is 0.159. The zero-order chi connectivity index (χ0) is 22.5. The highest BCUT2D eigenvalue weighted by Crippen LogP contribution is 2.34. The standard InChI is InChI=1S/C23H26N4O4/c1-14-12-21-24-16(3)15(2)23(28)27(21)25-22(14)26-8-6-17(7-9-26)31-18-4-5-19-20(13-18)30-11-10-29-19/h4-5,12-13,17H,6-11H2,1-3H3/i17D. The molecule has 31 heavy (non-hydrogen) atoms. The van der Waals surface area contributed by atoms with E-state index in [1.54, 1.807) is 13.0 Å². The molecule has 1 fully saturated rings. The number of hydrogen-bond donors (Lipinski definition) is 0. The summed E-state index contributed by atoms with van der Waals surface area (Å²) in [6.45, 7) is 7.81. The number of benzene rings is 1. The van der Waals surface area contributed by atoms with Crippen molar-refractivity contribution in [3.63, 3.8) is 0 Å². The highest BCUT2D eigenvalue weighted by Gasteiger charge is 2.24. The van der Waals surface area contributed by atoms with E-state index in [1.165, 1.54) is 4.52 Å². The van der Waals surface area contributed by atoms with Gasteiger partial charge in [0.15, 0.2) is 23.0 Å². The molecule has 4 heterocycles. The molecule has 1 aromatic carbocycles. The maximum absolute atomic E-state index is 12.7. The van der Waals surface area contributed by atoms with Gasteiger partial charge in [0.05, 0.1) is 1.37 Å². The predicted molar refractivity (Wildman–Crippen MR) is 117 cm³/mol. The summed E-state index contributed by atoms with van der Waals surface area (Å²) in [4.78, 5) is 19.3. The van der Waals surface area contributed by atoms with Crippen molar-refractivity contribution in [2.45, 2.75) is 39.7 Å². The number of aromatic nitrogens is 3. The SMILES string of the molecule is [2H]C1(Oc2ccc3c(c2)OCCO3)CCN(c2nn3c(=O)c(C)c(C)nc3cc2C)CC1. The van der Waals surface area contributed by atoms with E-state index in [0.717, 1.165) is 17.1 Å². The van der Waals surface area contributed by atoms with E-state index in [0.29, 0.717) is 67.6 Å². The summed E-state index contributed by atoms with van der Waals surface area (Å²) in [5, 5.41) is 4.61. The second kappa shape index (κ2) is 7.76. The van der Waals surface area contributed by atoms with Gasteiger partial charge in [0, 0.05) is 43.3 Å². The van der Waals surface area contributed by atoms with Crippen LogP contribution in [-0.4, -0.2) is 47.0 Å². The molecule has 0 N–H and O–H groups in total. The summed E-state index contributed by atoms with van der Waals surface area (Å²) in [6, 6.07) is 7.31. The first kappa shape index (κ1) is 18.5. The number of ether oxygens (including phenoxy) is 3. The molecule has 5 rings (SSSR count). The van der Waals surface area contributed by atoms with E-state index >= 15 is 0 Å². The molecule has 3 aromatic rings. The molecule has 0 amide bonds. The third-order valence-electron chi connectivity index (χ3n) is 5.84. The molecule has 162 valence electrons. The van der Waals surface area contributed by atoms with Crippen LogP contribution in [0.4, 0.5) is 5.82 Å². The summed E-state index contributed by atoms with van der Waals surface area (Å²) < 4.78 is 27.4. The van der Waals surface area contributed by atoms with E-state index in [1.807, 2.05) is 32.0 Å². The topological polar surface area (TPSA) is 78.2 Å². The van der Waals surface area contributed by atoms with Gasteiger partial charge in [0.1, 0.15) is 25.0 Å². The number of fused-ring (bicyclic) bond motifs is 2. The van der Waals surface area contributed by atoms with Gasteiger partial charge in [0.2, 0.25) is 0 Å². The lowest BCUT2D eigenvalue weighted by Crippen LogP contribution is -2.39. The van der Waals surface area contributed by atoms with Gasteiger partial charge < -0.3 is 19.1 Å². The van der Waals surface area contributed by atoms with Gasteiger partial charge in [-0.15, -0.1) is 5.10 Å². The monoisotopic (exact) mass is 423 g/mol. The summed E-state index contributed by atoms with van der Waals surface area (Å²) in [7, 11) is 0. The highest BCUT2D eigenvalue weighted by molar-refractivity contribution is 5.53. The maximum Gasteiger partial charge on any atom is 0.277 e. The number of hydrogen-bond acceptors (Lipinski definition) is 7. The van der Waals surface area contributed by atoms with Gasteiger partial charge in [-0.1, -0.05) is 0 Å². The minimum Gasteiger partial charge on any atom is -0.490 e. The molecule has 0 atom stereocenters. The summed E-state index contributed by atoms with van der Waals surface area (Å²) in [5.41, 5.74) is 2.67. The quantitative estimate of drug-likeness (QED) is 0.641. The molecule has 0 saturated carbocycles. The second-order valence-electron chi connectivity index (χ2n) is 7.98. The van der Waals surface area contributed by atoms with Crippen molar-refractivity contribution in [3.8, 4) is 17.2 Å².